The molecule has 1 amide bonds. The Morgan fingerprint density at radius 3 is 2.48 bits per heavy atom. The second-order valence-electron chi connectivity index (χ2n) is 5.51. The molecule has 0 fully saturated rings. The lowest BCUT2D eigenvalue weighted by Gasteiger charge is -2.15. The molecule has 122 valence electrons. The fraction of sp³-hybridized carbons (Fsp3) is 0.278. The van der Waals surface area contributed by atoms with Gasteiger partial charge >= 0.3 is 0 Å². The molecule has 1 unspecified atom stereocenters. The zero-order chi connectivity index (χ0) is 16.8. The van der Waals surface area contributed by atoms with Crippen LogP contribution in [0.1, 0.15) is 31.0 Å². The zero-order valence-corrected chi connectivity index (χ0v) is 13.2. The van der Waals surface area contributed by atoms with Crippen molar-refractivity contribution in [1.82, 2.24) is 5.32 Å². The minimum absolute atomic E-state index is 0.0575. The first-order valence-electron chi connectivity index (χ1n) is 7.50. The van der Waals surface area contributed by atoms with Crippen molar-refractivity contribution in [2.75, 3.05) is 11.9 Å². The molecule has 0 saturated heterocycles. The minimum Gasteiger partial charge on any atom is -0.326 e. The number of hydrogen-bond donors (Lipinski definition) is 2. The molecule has 2 rings (SSSR count). The van der Waals surface area contributed by atoms with Crippen molar-refractivity contribution < 1.29 is 13.6 Å². The molecule has 23 heavy (non-hydrogen) atoms. The van der Waals surface area contributed by atoms with Gasteiger partial charge in [0.1, 0.15) is 11.6 Å². The summed E-state index contributed by atoms with van der Waals surface area (Å²) in [6.07, 6.45) is 0.532. The van der Waals surface area contributed by atoms with Gasteiger partial charge in [0.15, 0.2) is 0 Å². The Bertz CT molecular complexity index is 668. The molecule has 5 heteroatoms. The SMILES string of the molecule is CC(=O)Nc1cccc(C(C)NCCc2cc(F)cc(F)c2)c1. The topological polar surface area (TPSA) is 41.1 Å². The van der Waals surface area contributed by atoms with Crippen LogP contribution >= 0.6 is 0 Å². The first kappa shape index (κ1) is 17.1. The molecule has 2 aromatic rings. The van der Waals surface area contributed by atoms with Crippen molar-refractivity contribution in [3.63, 3.8) is 0 Å². The van der Waals surface area contributed by atoms with E-state index in [1.54, 1.807) is 0 Å². The van der Waals surface area contributed by atoms with E-state index in [1.165, 1.54) is 19.1 Å². The van der Waals surface area contributed by atoms with Crippen molar-refractivity contribution in [2.24, 2.45) is 0 Å². The summed E-state index contributed by atoms with van der Waals surface area (Å²) in [5.74, 6) is -1.23. The summed E-state index contributed by atoms with van der Waals surface area (Å²) in [5.41, 5.74) is 2.40. The number of nitrogens with one attached hydrogen (secondary N) is 2. The Morgan fingerprint density at radius 1 is 1.13 bits per heavy atom. The molecule has 0 aliphatic carbocycles. The minimum atomic E-state index is -0.559. The molecule has 0 aromatic heterocycles. The van der Waals surface area contributed by atoms with Crippen molar-refractivity contribution >= 4 is 11.6 Å². The van der Waals surface area contributed by atoms with Crippen molar-refractivity contribution in [2.45, 2.75) is 26.3 Å². The maximum atomic E-state index is 13.1. The lowest BCUT2D eigenvalue weighted by atomic mass is 10.1. The second kappa shape index (κ2) is 7.83. The number of halogens is 2. The summed E-state index contributed by atoms with van der Waals surface area (Å²) < 4.78 is 26.3. The van der Waals surface area contributed by atoms with Crippen LogP contribution in [0.4, 0.5) is 14.5 Å². The molecule has 1 atom stereocenters. The third kappa shape index (κ3) is 5.45. The summed E-state index contributed by atoms with van der Waals surface area (Å²) in [4.78, 5) is 11.1. The molecule has 2 aromatic carbocycles. The maximum absolute atomic E-state index is 13.1. The number of carbonyl (C=O) groups is 1. The lowest BCUT2D eigenvalue weighted by Crippen LogP contribution is -2.21. The van der Waals surface area contributed by atoms with E-state index in [1.807, 2.05) is 31.2 Å². The van der Waals surface area contributed by atoms with Gasteiger partial charge in [-0.15, -0.1) is 0 Å². The van der Waals surface area contributed by atoms with Gasteiger partial charge in [0.25, 0.3) is 0 Å². The Labute approximate surface area is 134 Å². The van der Waals surface area contributed by atoms with Gasteiger partial charge in [-0.25, -0.2) is 8.78 Å². The highest BCUT2D eigenvalue weighted by molar-refractivity contribution is 5.88. The standard InChI is InChI=1S/C18H20F2N2O/c1-12(15-4-3-5-18(10-15)22-13(2)23)21-7-6-14-8-16(19)11-17(20)9-14/h3-5,8-12,21H,6-7H2,1-2H3,(H,22,23). The molecular weight excluding hydrogens is 298 g/mol. The van der Waals surface area contributed by atoms with E-state index in [-0.39, 0.29) is 11.9 Å². The monoisotopic (exact) mass is 318 g/mol. The average Bonchev–Trinajstić information content (AvgIpc) is 2.45. The van der Waals surface area contributed by atoms with E-state index in [2.05, 4.69) is 10.6 Å². The van der Waals surface area contributed by atoms with Crippen LogP contribution in [-0.2, 0) is 11.2 Å². The van der Waals surface area contributed by atoms with Crippen molar-refractivity contribution in [3.05, 3.63) is 65.2 Å². The third-order valence-corrected chi connectivity index (χ3v) is 3.49. The Hall–Kier alpha value is -2.27. The Balaban J connectivity index is 1.91. The average molecular weight is 318 g/mol. The predicted molar refractivity (Wildman–Crippen MR) is 87.2 cm³/mol. The van der Waals surface area contributed by atoms with Crippen molar-refractivity contribution in [1.29, 1.82) is 0 Å². The largest absolute Gasteiger partial charge is 0.326 e. The molecule has 0 bridgehead atoms. The van der Waals surface area contributed by atoms with Crippen LogP contribution in [0, 0.1) is 11.6 Å². The molecular formula is C18H20F2N2O. The van der Waals surface area contributed by atoms with E-state index in [0.29, 0.717) is 18.5 Å². The highest BCUT2D eigenvalue weighted by Crippen LogP contribution is 2.17. The Kier molecular flexibility index (Phi) is 5.82. The predicted octanol–water partition coefficient (Wildman–Crippen LogP) is 3.82. The summed E-state index contributed by atoms with van der Waals surface area (Å²) in [6, 6.07) is 11.2. The van der Waals surface area contributed by atoms with Gasteiger partial charge in [0.05, 0.1) is 0 Å². The van der Waals surface area contributed by atoms with E-state index in [0.717, 1.165) is 17.3 Å². The molecule has 0 spiro atoms. The number of amides is 1. The van der Waals surface area contributed by atoms with E-state index in [9.17, 15) is 13.6 Å². The first-order chi connectivity index (χ1) is 10.9. The van der Waals surface area contributed by atoms with E-state index >= 15 is 0 Å². The van der Waals surface area contributed by atoms with Gasteiger partial charge in [-0.3, -0.25) is 4.79 Å². The fourth-order valence-electron chi connectivity index (χ4n) is 2.40. The van der Waals surface area contributed by atoms with Crippen LogP contribution in [0.2, 0.25) is 0 Å². The highest BCUT2D eigenvalue weighted by Gasteiger charge is 2.07. The molecule has 0 radical (unpaired) electrons. The summed E-state index contributed by atoms with van der Waals surface area (Å²) >= 11 is 0. The molecule has 0 aliphatic rings. The van der Waals surface area contributed by atoms with Gasteiger partial charge in [-0.2, -0.15) is 0 Å². The van der Waals surface area contributed by atoms with Gasteiger partial charge in [-0.05, 0) is 55.3 Å². The van der Waals surface area contributed by atoms with E-state index < -0.39 is 11.6 Å². The number of anilines is 1. The zero-order valence-electron chi connectivity index (χ0n) is 13.2. The first-order valence-corrected chi connectivity index (χ1v) is 7.50. The van der Waals surface area contributed by atoms with Gasteiger partial charge < -0.3 is 10.6 Å². The molecule has 0 heterocycles. The fourth-order valence-corrected chi connectivity index (χ4v) is 2.40. The van der Waals surface area contributed by atoms with Crippen LogP contribution in [0.3, 0.4) is 0 Å². The van der Waals surface area contributed by atoms with Crippen LogP contribution in [-0.4, -0.2) is 12.5 Å². The van der Waals surface area contributed by atoms with Crippen molar-refractivity contribution in [3.8, 4) is 0 Å². The quantitative estimate of drug-likeness (QED) is 0.850. The normalized spacial score (nSPS) is 12.0. The summed E-state index contributed by atoms with van der Waals surface area (Å²) in [6.45, 7) is 4.06. The van der Waals surface area contributed by atoms with Crippen LogP contribution in [0.5, 0.6) is 0 Å². The smallest absolute Gasteiger partial charge is 0.221 e. The second-order valence-corrected chi connectivity index (χ2v) is 5.51. The number of rotatable bonds is 6. The van der Waals surface area contributed by atoms with Gasteiger partial charge in [0.2, 0.25) is 5.91 Å². The molecule has 3 nitrogen and oxygen atoms in total. The highest BCUT2D eigenvalue weighted by atomic mass is 19.1. The molecule has 0 aliphatic heterocycles. The molecule has 2 N–H and O–H groups in total. The maximum Gasteiger partial charge on any atom is 0.221 e. The lowest BCUT2D eigenvalue weighted by molar-refractivity contribution is -0.114. The summed E-state index contributed by atoms with van der Waals surface area (Å²) in [5, 5.41) is 6.05. The van der Waals surface area contributed by atoms with Crippen LogP contribution in [0.25, 0.3) is 0 Å². The van der Waals surface area contributed by atoms with Crippen LogP contribution < -0.4 is 10.6 Å². The molecule has 0 saturated carbocycles. The van der Waals surface area contributed by atoms with Gasteiger partial charge in [-0.1, -0.05) is 12.1 Å². The van der Waals surface area contributed by atoms with E-state index in [4.69, 9.17) is 0 Å². The van der Waals surface area contributed by atoms with Crippen LogP contribution in [0.15, 0.2) is 42.5 Å². The number of hydrogen-bond acceptors (Lipinski definition) is 2. The Morgan fingerprint density at radius 2 is 1.83 bits per heavy atom. The number of carbonyl (C=O) groups excluding carboxylic acids is 1. The number of benzene rings is 2. The summed E-state index contributed by atoms with van der Waals surface area (Å²) in [7, 11) is 0. The third-order valence-electron chi connectivity index (χ3n) is 3.49. The van der Waals surface area contributed by atoms with Gasteiger partial charge in [0, 0.05) is 24.7 Å².